The van der Waals surface area contributed by atoms with E-state index in [1.165, 1.54) is 0 Å². The zero-order valence-electron chi connectivity index (χ0n) is 10.5. The van der Waals surface area contributed by atoms with E-state index in [0.717, 1.165) is 10.0 Å². The van der Waals surface area contributed by atoms with Crippen molar-refractivity contribution in [1.29, 1.82) is 0 Å². The Hall–Kier alpha value is -1.81. The largest absolute Gasteiger partial charge is 0.478 e. The highest BCUT2D eigenvalue weighted by molar-refractivity contribution is 9.10. The van der Waals surface area contributed by atoms with Crippen LogP contribution in [0.2, 0.25) is 0 Å². The van der Waals surface area contributed by atoms with Crippen molar-refractivity contribution in [2.45, 2.75) is 6.54 Å². The van der Waals surface area contributed by atoms with Crippen molar-refractivity contribution in [2.24, 2.45) is 0 Å². The number of carboxylic acid groups (broad SMARTS) is 1. The van der Waals surface area contributed by atoms with Crippen LogP contribution in [0.5, 0.6) is 0 Å². The van der Waals surface area contributed by atoms with Crippen molar-refractivity contribution in [1.82, 2.24) is 0 Å². The van der Waals surface area contributed by atoms with E-state index < -0.39 is 5.97 Å². The minimum absolute atomic E-state index is 0.299. The van der Waals surface area contributed by atoms with E-state index in [1.807, 2.05) is 54.4 Å². The van der Waals surface area contributed by atoms with Gasteiger partial charge in [0.05, 0.1) is 11.3 Å². The van der Waals surface area contributed by atoms with E-state index in [4.69, 9.17) is 0 Å². The lowest BCUT2D eigenvalue weighted by atomic mass is 10.1. The lowest BCUT2D eigenvalue weighted by Crippen LogP contribution is -2.19. The van der Waals surface area contributed by atoms with Gasteiger partial charge in [0.1, 0.15) is 0 Å². The van der Waals surface area contributed by atoms with Gasteiger partial charge in [0, 0.05) is 18.1 Å². The van der Waals surface area contributed by atoms with Gasteiger partial charge in [0.2, 0.25) is 0 Å². The lowest BCUT2D eigenvalue weighted by molar-refractivity contribution is 0.0697. The van der Waals surface area contributed by atoms with Crippen molar-refractivity contribution >= 4 is 27.6 Å². The van der Waals surface area contributed by atoms with E-state index in [9.17, 15) is 9.90 Å². The molecule has 1 N–H and O–H groups in total. The molecule has 0 spiro atoms. The Morgan fingerprint density at radius 3 is 2.53 bits per heavy atom. The first-order chi connectivity index (χ1) is 9.08. The second kappa shape index (κ2) is 5.89. The first-order valence-corrected chi connectivity index (χ1v) is 6.65. The highest BCUT2D eigenvalue weighted by Crippen LogP contribution is 2.25. The standard InChI is InChI=1S/C15H14BrNO2/c1-17(10-11-5-3-2-4-6-11)14-8-7-12(16)9-13(14)15(18)19/h2-9H,10H2,1H3,(H,18,19). The molecule has 0 saturated carbocycles. The quantitative estimate of drug-likeness (QED) is 0.932. The molecule has 0 radical (unpaired) electrons. The minimum atomic E-state index is -0.920. The normalized spacial score (nSPS) is 10.2. The molecule has 0 aliphatic rings. The van der Waals surface area contributed by atoms with Crippen LogP contribution in [0.1, 0.15) is 15.9 Å². The van der Waals surface area contributed by atoms with Gasteiger partial charge in [-0.3, -0.25) is 0 Å². The van der Waals surface area contributed by atoms with Gasteiger partial charge in [-0.25, -0.2) is 4.79 Å². The predicted molar refractivity (Wildman–Crippen MR) is 79.7 cm³/mol. The second-order valence-electron chi connectivity index (χ2n) is 4.31. The number of hydrogen-bond donors (Lipinski definition) is 1. The summed E-state index contributed by atoms with van der Waals surface area (Å²) in [6, 6.07) is 15.3. The van der Waals surface area contributed by atoms with Gasteiger partial charge in [0.15, 0.2) is 0 Å². The summed E-state index contributed by atoms with van der Waals surface area (Å²) in [5.41, 5.74) is 2.15. The fraction of sp³-hybridized carbons (Fsp3) is 0.133. The maximum absolute atomic E-state index is 11.3. The van der Waals surface area contributed by atoms with E-state index >= 15 is 0 Å². The Labute approximate surface area is 120 Å². The van der Waals surface area contributed by atoms with Crippen LogP contribution in [0.3, 0.4) is 0 Å². The minimum Gasteiger partial charge on any atom is -0.478 e. The zero-order valence-corrected chi connectivity index (χ0v) is 12.1. The van der Waals surface area contributed by atoms with Gasteiger partial charge in [-0.05, 0) is 23.8 Å². The van der Waals surface area contributed by atoms with Crippen molar-refractivity contribution in [3.8, 4) is 0 Å². The van der Waals surface area contributed by atoms with Gasteiger partial charge >= 0.3 is 5.97 Å². The number of benzene rings is 2. The Balaban J connectivity index is 2.28. The molecular weight excluding hydrogens is 306 g/mol. The molecule has 0 unspecified atom stereocenters. The Kier molecular flexibility index (Phi) is 4.22. The van der Waals surface area contributed by atoms with Crippen molar-refractivity contribution in [3.05, 3.63) is 64.1 Å². The summed E-state index contributed by atoms with van der Waals surface area (Å²) in [4.78, 5) is 13.2. The number of hydrogen-bond acceptors (Lipinski definition) is 2. The molecule has 3 nitrogen and oxygen atoms in total. The maximum atomic E-state index is 11.3. The first kappa shape index (κ1) is 13.6. The summed E-state index contributed by atoms with van der Waals surface area (Å²) in [5, 5.41) is 9.26. The van der Waals surface area contributed by atoms with Crippen LogP contribution in [-0.4, -0.2) is 18.1 Å². The Morgan fingerprint density at radius 1 is 1.21 bits per heavy atom. The zero-order chi connectivity index (χ0) is 13.8. The highest BCUT2D eigenvalue weighted by atomic mass is 79.9. The van der Waals surface area contributed by atoms with Crippen LogP contribution in [0, 0.1) is 0 Å². The van der Waals surface area contributed by atoms with Crippen molar-refractivity contribution in [2.75, 3.05) is 11.9 Å². The lowest BCUT2D eigenvalue weighted by Gasteiger charge is -2.21. The molecule has 0 amide bonds. The molecule has 0 fully saturated rings. The summed E-state index contributed by atoms with van der Waals surface area (Å²) < 4.78 is 0.766. The summed E-state index contributed by atoms with van der Waals surface area (Å²) in [6.45, 7) is 0.669. The fourth-order valence-corrected chi connectivity index (χ4v) is 2.32. The molecule has 2 aromatic carbocycles. The Morgan fingerprint density at radius 2 is 1.89 bits per heavy atom. The number of carboxylic acids is 1. The van der Waals surface area contributed by atoms with Gasteiger partial charge in [-0.15, -0.1) is 0 Å². The molecule has 0 heterocycles. The molecule has 98 valence electrons. The Bertz CT molecular complexity index is 584. The molecule has 4 heteroatoms. The van der Waals surface area contributed by atoms with Gasteiger partial charge in [0.25, 0.3) is 0 Å². The van der Waals surface area contributed by atoms with Crippen LogP contribution in [0.25, 0.3) is 0 Å². The van der Waals surface area contributed by atoms with Crippen LogP contribution in [0.4, 0.5) is 5.69 Å². The summed E-state index contributed by atoms with van der Waals surface area (Å²) >= 11 is 3.30. The van der Waals surface area contributed by atoms with Crippen LogP contribution < -0.4 is 4.90 Å². The second-order valence-corrected chi connectivity index (χ2v) is 5.22. The summed E-state index contributed by atoms with van der Waals surface area (Å²) in [7, 11) is 1.89. The topological polar surface area (TPSA) is 40.5 Å². The summed E-state index contributed by atoms with van der Waals surface area (Å²) in [6.07, 6.45) is 0. The number of rotatable bonds is 4. The predicted octanol–water partition coefficient (Wildman–Crippen LogP) is 3.78. The molecular formula is C15H14BrNO2. The van der Waals surface area contributed by atoms with Gasteiger partial charge < -0.3 is 10.0 Å². The molecule has 19 heavy (non-hydrogen) atoms. The van der Waals surface area contributed by atoms with Gasteiger partial charge in [-0.1, -0.05) is 46.3 Å². The van der Waals surface area contributed by atoms with Crippen molar-refractivity contribution < 1.29 is 9.90 Å². The van der Waals surface area contributed by atoms with Crippen LogP contribution in [0.15, 0.2) is 53.0 Å². The number of aromatic carboxylic acids is 1. The molecule has 2 aromatic rings. The summed E-state index contributed by atoms with van der Waals surface area (Å²) in [5.74, 6) is -0.920. The average Bonchev–Trinajstić information content (AvgIpc) is 2.39. The smallest absolute Gasteiger partial charge is 0.337 e. The van der Waals surface area contributed by atoms with E-state index in [0.29, 0.717) is 17.8 Å². The molecule has 0 aliphatic heterocycles. The van der Waals surface area contributed by atoms with E-state index in [1.54, 1.807) is 6.07 Å². The van der Waals surface area contributed by atoms with Crippen LogP contribution in [-0.2, 0) is 6.54 Å². The molecule has 0 saturated heterocycles. The molecule has 0 atom stereocenters. The highest BCUT2D eigenvalue weighted by Gasteiger charge is 2.14. The third-order valence-corrected chi connectivity index (χ3v) is 3.36. The number of anilines is 1. The molecule has 0 bridgehead atoms. The SMILES string of the molecule is CN(Cc1ccccc1)c1ccc(Br)cc1C(=O)O. The van der Waals surface area contributed by atoms with Gasteiger partial charge in [-0.2, -0.15) is 0 Å². The molecule has 0 aromatic heterocycles. The fourth-order valence-electron chi connectivity index (χ4n) is 1.95. The average molecular weight is 320 g/mol. The number of nitrogens with zero attached hydrogens (tertiary/aromatic N) is 1. The number of carbonyl (C=O) groups is 1. The monoisotopic (exact) mass is 319 g/mol. The molecule has 0 aliphatic carbocycles. The molecule has 2 rings (SSSR count). The van der Waals surface area contributed by atoms with Crippen molar-refractivity contribution in [3.63, 3.8) is 0 Å². The third-order valence-electron chi connectivity index (χ3n) is 2.86. The third kappa shape index (κ3) is 3.35. The maximum Gasteiger partial charge on any atom is 0.337 e. The van der Waals surface area contributed by atoms with E-state index in [2.05, 4.69) is 15.9 Å². The van der Waals surface area contributed by atoms with Crippen LogP contribution >= 0.6 is 15.9 Å². The number of halogens is 1. The van der Waals surface area contributed by atoms with E-state index in [-0.39, 0.29) is 0 Å². The first-order valence-electron chi connectivity index (χ1n) is 5.86.